The highest BCUT2D eigenvalue weighted by molar-refractivity contribution is 5.78. The molecule has 0 aliphatic carbocycles. The third-order valence-electron chi connectivity index (χ3n) is 3.66. The van der Waals surface area contributed by atoms with Crippen LogP contribution in [-0.2, 0) is 17.8 Å². The molecule has 17 heavy (non-hydrogen) atoms. The number of carbonyl (C=O) groups is 1. The maximum Gasteiger partial charge on any atom is 0.323 e. The predicted molar refractivity (Wildman–Crippen MR) is 63.8 cm³/mol. The van der Waals surface area contributed by atoms with Crippen molar-refractivity contribution in [1.29, 1.82) is 0 Å². The van der Waals surface area contributed by atoms with Gasteiger partial charge in [-0.1, -0.05) is 6.92 Å². The summed E-state index contributed by atoms with van der Waals surface area (Å²) in [6.07, 6.45) is 2.52. The van der Waals surface area contributed by atoms with Gasteiger partial charge in [0.15, 0.2) is 0 Å². The molecule has 1 aliphatic rings. The SMILES string of the molecule is CCc1ccc(CN2CCCC2(C)C(=O)O)o1. The highest BCUT2D eigenvalue weighted by atomic mass is 16.4. The van der Waals surface area contributed by atoms with E-state index in [9.17, 15) is 9.90 Å². The zero-order valence-corrected chi connectivity index (χ0v) is 10.4. The monoisotopic (exact) mass is 237 g/mol. The van der Waals surface area contributed by atoms with Crippen LogP contribution in [-0.4, -0.2) is 28.1 Å². The summed E-state index contributed by atoms with van der Waals surface area (Å²) in [5.74, 6) is 1.07. The fourth-order valence-electron chi connectivity index (χ4n) is 2.40. The molecule has 0 aromatic carbocycles. The highest BCUT2D eigenvalue weighted by Crippen LogP contribution is 2.31. The number of likely N-dealkylation sites (tertiary alicyclic amines) is 1. The van der Waals surface area contributed by atoms with Crippen molar-refractivity contribution in [3.63, 3.8) is 0 Å². The summed E-state index contributed by atoms with van der Waals surface area (Å²) in [5, 5.41) is 9.30. The fourth-order valence-corrected chi connectivity index (χ4v) is 2.40. The first-order valence-electron chi connectivity index (χ1n) is 6.12. The number of carboxylic acids is 1. The van der Waals surface area contributed by atoms with Crippen molar-refractivity contribution in [3.05, 3.63) is 23.7 Å². The van der Waals surface area contributed by atoms with E-state index >= 15 is 0 Å². The van der Waals surface area contributed by atoms with Crippen molar-refractivity contribution < 1.29 is 14.3 Å². The summed E-state index contributed by atoms with van der Waals surface area (Å²) in [5.41, 5.74) is -0.737. The number of aliphatic carboxylic acids is 1. The molecular weight excluding hydrogens is 218 g/mol. The number of nitrogens with zero attached hydrogens (tertiary/aromatic N) is 1. The fraction of sp³-hybridized carbons (Fsp3) is 0.615. The van der Waals surface area contributed by atoms with Gasteiger partial charge < -0.3 is 9.52 Å². The maximum absolute atomic E-state index is 11.3. The Kier molecular flexibility index (Phi) is 3.24. The molecule has 0 saturated carbocycles. The van der Waals surface area contributed by atoms with E-state index in [0.717, 1.165) is 30.9 Å². The minimum atomic E-state index is -0.739. The van der Waals surface area contributed by atoms with E-state index in [1.54, 1.807) is 6.92 Å². The summed E-state index contributed by atoms with van der Waals surface area (Å²) in [4.78, 5) is 13.3. The average Bonchev–Trinajstić information content (AvgIpc) is 2.88. The third-order valence-corrected chi connectivity index (χ3v) is 3.66. The number of aryl methyl sites for hydroxylation is 1. The molecule has 1 aromatic rings. The van der Waals surface area contributed by atoms with E-state index in [1.807, 2.05) is 24.0 Å². The Morgan fingerprint density at radius 2 is 2.24 bits per heavy atom. The van der Waals surface area contributed by atoms with Gasteiger partial charge in [-0.2, -0.15) is 0 Å². The summed E-state index contributed by atoms with van der Waals surface area (Å²) >= 11 is 0. The molecule has 4 heteroatoms. The number of furan rings is 1. The van der Waals surface area contributed by atoms with Gasteiger partial charge in [0.25, 0.3) is 0 Å². The zero-order chi connectivity index (χ0) is 12.5. The minimum Gasteiger partial charge on any atom is -0.480 e. The molecule has 0 spiro atoms. The van der Waals surface area contributed by atoms with Crippen molar-refractivity contribution in [2.45, 2.75) is 45.2 Å². The standard InChI is InChI=1S/C13H19NO3/c1-3-10-5-6-11(17-10)9-14-8-4-7-13(14,2)12(15)16/h5-6H,3-4,7-9H2,1-2H3,(H,15,16). The van der Waals surface area contributed by atoms with Gasteiger partial charge in [-0.15, -0.1) is 0 Å². The number of carboxylic acid groups (broad SMARTS) is 1. The molecular formula is C13H19NO3. The maximum atomic E-state index is 11.3. The van der Waals surface area contributed by atoms with Crippen molar-refractivity contribution in [1.82, 2.24) is 4.90 Å². The molecule has 1 aliphatic heterocycles. The largest absolute Gasteiger partial charge is 0.480 e. The lowest BCUT2D eigenvalue weighted by Gasteiger charge is -2.30. The normalized spacial score (nSPS) is 25.3. The summed E-state index contributed by atoms with van der Waals surface area (Å²) in [7, 11) is 0. The van der Waals surface area contributed by atoms with Crippen LogP contribution in [0.25, 0.3) is 0 Å². The van der Waals surface area contributed by atoms with Gasteiger partial charge in [0.2, 0.25) is 0 Å². The third kappa shape index (κ3) is 2.22. The van der Waals surface area contributed by atoms with Crippen LogP contribution in [0.3, 0.4) is 0 Å². The Hall–Kier alpha value is -1.29. The van der Waals surface area contributed by atoms with E-state index in [1.165, 1.54) is 0 Å². The Labute approximate surface area is 101 Å². The summed E-state index contributed by atoms with van der Waals surface area (Å²) in [6.45, 7) is 5.25. The topological polar surface area (TPSA) is 53.7 Å². The molecule has 1 aromatic heterocycles. The molecule has 0 radical (unpaired) electrons. The van der Waals surface area contributed by atoms with Gasteiger partial charge in [-0.3, -0.25) is 9.69 Å². The van der Waals surface area contributed by atoms with Gasteiger partial charge in [0.05, 0.1) is 6.54 Å². The van der Waals surface area contributed by atoms with Gasteiger partial charge >= 0.3 is 5.97 Å². The molecule has 1 saturated heterocycles. The number of rotatable bonds is 4. The van der Waals surface area contributed by atoms with Crippen LogP contribution in [0.2, 0.25) is 0 Å². The van der Waals surface area contributed by atoms with Crippen LogP contribution in [0.4, 0.5) is 0 Å². The van der Waals surface area contributed by atoms with E-state index in [0.29, 0.717) is 13.0 Å². The van der Waals surface area contributed by atoms with E-state index in [-0.39, 0.29) is 0 Å². The van der Waals surface area contributed by atoms with Crippen LogP contribution in [0, 0.1) is 0 Å². The molecule has 1 unspecified atom stereocenters. The van der Waals surface area contributed by atoms with Crippen molar-refractivity contribution in [2.75, 3.05) is 6.54 Å². The number of hydrogen-bond donors (Lipinski definition) is 1. The lowest BCUT2D eigenvalue weighted by atomic mass is 9.99. The number of hydrogen-bond acceptors (Lipinski definition) is 3. The van der Waals surface area contributed by atoms with Crippen molar-refractivity contribution >= 4 is 5.97 Å². The zero-order valence-electron chi connectivity index (χ0n) is 10.4. The molecule has 94 valence electrons. The first-order valence-corrected chi connectivity index (χ1v) is 6.12. The molecule has 0 bridgehead atoms. The Bertz CT molecular complexity index is 413. The average molecular weight is 237 g/mol. The Morgan fingerprint density at radius 3 is 2.82 bits per heavy atom. The second-order valence-corrected chi connectivity index (χ2v) is 4.83. The second kappa shape index (κ2) is 4.53. The molecule has 0 amide bonds. The van der Waals surface area contributed by atoms with Crippen LogP contribution in [0.5, 0.6) is 0 Å². The second-order valence-electron chi connectivity index (χ2n) is 4.83. The molecule has 1 fully saturated rings. The van der Waals surface area contributed by atoms with Crippen LogP contribution >= 0.6 is 0 Å². The van der Waals surface area contributed by atoms with Crippen LogP contribution < -0.4 is 0 Å². The smallest absolute Gasteiger partial charge is 0.323 e. The van der Waals surface area contributed by atoms with Gasteiger partial charge in [-0.05, 0) is 38.4 Å². The molecule has 1 atom stereocenters. The van der Waals surface area contributed by atoms with Crippen molar-refractivity contribution in [3.8, 4) is 0 Å². The lowest BCUT2D eigenvalue weighted by molar-refractivity contribution is -0.149. The quantitative estimate of drug-likeness (QED) is 0.872. The Balaban J connectivity index is 2.10. The van der Waals surface area contributed by atoms with Crippen LogP contribution in [0.15, 0.2) is 16.5 Å². The minimum absolute atomic E-state index is 0.586. The van der Waals surface area contributed by atoms with E-state index in [4.69, 9.17) is 4.42 Å². The summed E-state index contributed by atoms with van der Waals surface area (Å²) in [6, 6.07) is 3.91. The van der Waals surface area contributed by atoms with Gasteiger partial charge in [-0.25, -0.2) is 0 Å². The predicted octanol–water partition coefficient (Wildman–Crippen LogP) is 2.28. The first kappa shape index (κ1) is 12.2. The highest BCUT2D eigenvalue weighted by Gasteiger charge is 2.43. The molecule has 1 N–H and O–H groups in total. The van der Waals surface area contributed by atoms with Crippen molar-refractivity contribution in [2.24, 2.45) is 0 Å². The van der Waals surface area contributed by atoms with Crippen LogP contribution in [0.1, 0.15) is 38.2 Å². The molecule has 2 heterocycles. The van der Waals surface area contributed by atoms with E-state index < -0.39 is 11.5 Å². The van der Waals surface area contributed by atoms with Gasteiger partial charge in [0.1, 0.15) is 17.1 Å². The first-order chi connectivity index (χ1) is 8.06. The Morgan fingerprint density at radius 1 is 1.53 bits per heavy atom. The molecule has 4 nitrogen and oxygen atoms in total. The summed E-state index contributed by atoms with van der Waals surface area (Å²) < 4.78 is 5.63. The van der Waals surface area contributed by atoms with E-state index in [2.05, 4.69) is 0 Å². The lowest BCUT2D eigenvalue weighted by Crippen LogP contribution is -2.47. The van der Waals surface area contributed by atoms with Gasteiger partial charge in [0, 0.05) is 6.42 Å². The molecule has 2 rings (SSSR count).